The number of ether oxygens (including phenoxy) is 1. The number of fused-ring (bicyclic) bond motifs is 2. The molecule has 2 rings (SSSR count). The van der Waals surface area contributed by atoms with E-state index in [1.165, 1.54) is 0 Å². The van der Waals surface area contributed by atoms with E-state index in [0.29, 0.717) is 19.5 Å². The first kappa shape index (κ1) is 14.1. The Morgan fingerprint density at radius 3 is 2.42 bits per heavy atom. The van der Waals surface area contributed by atoms with Gasteiger partial charge in [-0.1, -0.05) is 0 Å². The zero-order valence-electron chi connectivity index (χ0n) is 11.5. The molecule has 6 nitrogen and oxygen atoms in total. The van der Waals surface area contributed by atoms with Crippen LogP contribution in [0.3, 0.4) is 0 Å². The normalized spacial score (nSPS) is 26.3. The van der Waals surface area contributed by atoms with Gasteiger partial charge in [0.05, 0.1) is 12.2 Å². The van der Waals surface area contributed by atoms with Crippen LogP contribution in [0.4, 0.5) is 4.79 Å². The fraction of sp³-hybridized carbons (Fsp3) is 0.846. The largest absolute Gasteiger partial charge is 0.481 e. The molecule has 19 heavy (non-hydrogen) atoms. The molecular formula is C13H22N2O4. The van der Waals surface area contributed by atoms with Crippen LogP contribution in [0.15, 0.2) is 0 Å². The minimum absolute atomic E-state index is 0.0572. The van der Waals surface area contributed by atoms with E-state index in [2.05, 4.69) is 5.32 Å². The molecule has 2 fully saturated rings. The van der Waals surface area contributed by atoms with Crippen molar-refractivity contribution in [1.29, 1.82) is 0 Å². The second-order valence-electron chi connectivity index (χ2n) is 6.07. The molecule has 0 saturated carbocycles. The Bertz CT molecular complexity index is 358. The molecule has 2 amide bonds. The lowest BCUT2D eigenvalue weighted by Crippen LogP contribution is -2.55. The topological polar surface area (TPSA) is 78.9 Å². The summed E-state index contributed by atoms with van der Waals surface area (Å²) in [5, 5.41) is 11.6. The third-order valence-electron chi connectivity index (χ3n) is 3.74. The number of carboxylic acid groups (broad SMARTS) is 1. The van der Waals surface area contributed by atoms with E-state index in [1.54, 1.807) is 4.90 Å². The Morgan fingerprint density at radius 2 is 1.89 bits per heavy atom. The van der Waals surface area contributed by atoms with Gasteiger partial charge in [0.15, 0.2) is 0 Å². The van der Waals surface area contributed by atoms with Crippen LogP contribution < -0.4 is 5.32 Å². The summed E-state index contributed by atoms with van der Waals surface area (Å²) >= 11 is 0. The zero-order chi connectivity index (χ0) is 14.0. The molecule has 2 aliphatic heterocycles. The lowest BCUT2D eigenvalue weighted by atomic mass is 9.99. The number of amides is 2. The lowest BCUT2D eigenvalue weighted by molar-refractivity contribution is -0.137. The first-order chi connectivity index (χ1) is 8.85. The Morgan fingerprint density at radius 1 is 1.32 bits per heavy atom. The molecule has 0 radical (unpaired) electrons. The molecule has 2 atom stereocenters. The van der Waals surface area contributed by atoms with E-state index in [1.807, 2.05) is 13.8 Å². The van der Waals surface area contributed by atoms with Gasteiger partial charge in [0, 0.05) is 25.0 Å². The summed E-state index contributed by atoms with van der Waals surface area (Å²) in [7, 11) is 0. The van der Waals surface area contributed by atoms with Gasteiger partial charge in [0.25, 0.3) is 0 Å². The first-order valence-corrected chi connectivity index (χ1v) is 6.80. The minimum atomic E-state index is -0.841. The number of nitrogens with zero attached hydrogens (tertiary/aromatic N) is 1. The van der Waals surface area contributed by atoms with Crippen molar-refractivity contribution in [2.45, 2.75) is 57.3 Å². The lowest BCUT2D eigenvalue weighted by Gasteiger charge is -2.35. The maximum absolute atomic E-state index is 12.2. The summed E-state index contributed by atoms with van der Waals surface area (Å²) in [4.78, 5) is 24.6. The Hall–Kier alpha value is -1.30. The van der Waals surface area contributed by atoms with Crippen molar-refractivity contribution in [2.75, 3.05) is 13.1 Å². The maximum atomic E-state index is 12.2. The number of hydrogen-bond donors (Lipinski definition) is 2. The summed E-state index contributed by atoms with van der Waals surface area (Å²) in [5.41, 5.74) is -0.507. The first-order valence-electron chi connectivity index (χ1n) is 6.80. The number of rotatable bonds is 4. The minimum Gasteiger partial charge on any atom is -0.481 e. The van der Waals surface area contributed by atoms with E-state index < -0.39 is 11.5 Å². The number of morpholine rings is 1. The molecule has 0 spiro atoms. The van der Waals surface area contributed by atoms with E-state index in [-0.39, 0.29) is 24.7 Å². The van der Waals surface area contributed by atoms with E-state index in [0.717, 1.165) is 12.8 Å². The summed E-state index contributed by atoms with van der Waals surface area (Å²) in [6, 6.07) is -0.115. The van der Waals surface area contributed by atoms with Crippen molar-refractivity contribution >= 4 is 12.0 Å². The Labute approximate surface area is 113 Å². The molecule has 0 aromatic rings. The Balaban J connectivity index is 1.84. The highest BCUT2D eigenvalue weighted by Crippen LogP contribution is 2.26. The second-order valence-corrected chi connectivity index (χ2v) is 6.07. The van der Waals surface area contributed by atoms with Crippen LogP contribution in [0.5, 0.6) is 0 Å². The monoisotopic (exact) mass is 270 g/mol. The van der Waals surface area contributed by atoms with Crippen LogP contribution in [0.1, 0.15) is 39.5 Å². The highest BCUT2D eigenvalue weighted by atomic mass is 16.5. The molecule has 0 aliphatic carbocycles. The van der Waals surface area contributed by atoms with Crippen molar-refractivity contribution in [3.63, 3.8) is 0 Å². The van der Waals surface area contributed by atoms with Crippen molar-refractivity contribution in [2.24, 2.45) is 0 Å². The second kappa shape index (κ2) is 5.36. The third kappa shape index (κ3) is 3.83. The van der Waals surface area contributed by atoms with Gasteiger partial charge in [-0.3, -0.25) is 4.79 Å². The van der Waals surface area contributed by atoms with Crippen molar-refractivity contribution in [3.8, 4) is 0 Å². The summed E-state index contributed by atoms with van der Waals surface area (Å²) < 4.78 is 5.69. The van der Waals surface area contributed by atoms with Crippen LogP contribution in [0.25, 0.3) is 0 Å². The van der Waals surface area contributed by atoms with E-state index in [4.69, 9.17) is 9.84 Å². The average Bonchev–Trinajstić information content (AvgIpc) is 2.65. The number of aliphatic carboxylic acids is 1. The predicted octanol–water partition coefficient (Wildman–Crippen LogP) is 1.20. The summed E-state index contributed by atoms with van der Waals surface area (Å²) in [6.07, 6.45) is 2.87. The van der Waals surface area contributed by atoms with Crippen LogP contribution in [0, 0.1) is 0 Å². The quantitative estimate of drug-likeness (QED) is 0.804. The van der Waals surface area contributed by atoms with Gasteiger partial charge in [-0.25, -0.2) is 4.79 Å². The molecule has 2 heterocycles. The third-order valence-corrected chi connectivity index (χ3v) is 3.74. The van der Waals surface area contributed by atoms with E-state index in [9.17, 15) is 9.59 Å². The standard InChI is InChI=1S/C13H22N2O4/c1-13(2,6-5-11(16)17)14-12(18)15-7-9-3-4-10(8-15)19-9/h9-10H,3-8H2,1-2H3,(H,14,18)(H,16,17). The number of carbonyl (C=O) groups excluding carboxylic acids is 1. The number of carbonyl (C=O) groups is 2. The van der Waals surface area contributed by atoms with Crippen LogP contribution in [-0.2, 0) is 9.53 Å². The number of hydrogen-bond acceptors (Lipinski definition) is 3. The maximum Gasteiger partial charge on any atom is 0.317 e. The van der Waals surface area contributed by atoms with Gasteiger partial charge in [-0.2, -0.15) is 0 Å². The summed E-state index contributed by atoms with van der Waals surface area (Å²) in [5.74, 6) is -0.841. The molecule has 2 unspecified atom stereocenters. The van der Waals surface area contributed by atoms with Gasteiger partial charge in [0.2, 0.25) is 0 Å². The van der Waals surface area contributed by atoms with Crippen LogP contribution >= 0.6 is 0 Å². The molecule has 6 heteroatoms. The predicted molar refractivity (Wildman–Crippen MR) is 68.9 cm³/mol. The summed E-state index contributed by atoms with van der Waals surface area (Å²) in [6.45, 7) is 4.97. The molecule has 0 aromatic heterocycles. The van der Waals surface area contributed by atoms with Gasteiger partial charge in [-0.15, -0.1) is 0 Å². The molecule has 2 aliphatic rings. The van der Waals surface area contributed by atoms with E-state index >= 15 is 0 Å². The molecule has 0 aromatic carbocycles. The number of likely N-dealkylation sites (tertiary alicyclic amines) is 1. The SMILES string of the molecule is CC(C)(CCC(=O)O)NC(=O)N1CC2CCC(C1)O2. The smallest absolute Gasteiger partial charge is 0.317 e. The van der Waals surface area contributed by atoms with Crippen LogP contribution in [-0.4, -0.2) is 52.8 Å². The van der Waals surface area contributed by atoms with Gasteiger partial charge >= 0.3 is 12.0 Å². The molecule has 2 saturated heterocycles. The highest BCUT2D eigenvalue weighted by molar-refractivity contribution is 5.75. The molecular weight excluding hydrogens is 248 g/mol. The molecule has 108 valence electrons. The Kier molecular flexibility index (Phi) is 3.99. The van der Waals surface area contributed by atoms with Gasteiger partial charge < -0.3 is 20.1 Å². The highest BCUT2D eigenvalue weighted by Gasteiger charge is 2.36. The van der Waals surface area contributed by atoms with Crippen molar-refractivity contribution in [1.82, 2.24) is 10.2 Å². The van der Waals surface area contributed by atoms with Gasteiger partial charge in [0.1, 0.15) is 0 Å². The van der Waals surface area contributed by atoms with Crippen molar-refractivity contribution < 1.29 is 19.4 Å². The number of nitrogens with one attached hydrogen (secondary N) is 1. The van der Waals surface area contributed by atoms with Gasteiger partial charge in [-0.05, 0) is 33.1 Å². The molecule has 2 N–H and O–H groups in total. The fourth-order valence-electron chi connectivity index (χ4n) is 2.63. The fourth-order valence-corrected chi connectivity index (χ4v) is 2.63. The zero-order valence-corrected chi connectivity index (χ0v) is 11.5. The van der Waals surface area contributed by atoms with Crippen molar-refractivity contribution in [3.05, 3.63) is 0 Å². The average molecular weight is 270 g/mol. The number of carboxylic acids is 1. The van der Waals surface area contributed by atoms with Crippen LogP contribution in [0.2, 0.25) is 0 Å². The molecule has 2 bridgehead atoms. The number of urea groups is 1.